The van der Waals surface area contributed by atoms with Gasteiger partial charge in [0.2, 0.25) is 0 Å². The minimum atomic E-state index is -0.831. The van der Waals surface area contributed by atoms with Crippen molar-refractivity contribution in [1.82, 2.24) is 4.90 Å². The molecule has 2 rings (SSSR count). The highest BCUT2D eigenvalue weighted by Gasteiger charge is 2.15. The monoisotopic (exact) mass is 346 g/mol. The lowest BCUT2D eigenvalue weighted by molar-refractivity contribution is 0.0188. The SMILES string of the molecule is Cc1ccc(NC(=O)N(C)CC(O)COCc2ccccc2)c(F)c1. The molecule has 0 radical (unpaired) electrons. The number of likely N-dealkylation sites (N-methyl/N-ethyl adjacent to an activating group) is 1. The molecule has 0 aliphatic carbocycles. The largest absolute Gasteiger partial charge is 0.389 e. The normalized spacial score (nSPS) is 11.8. The number of anilines is 1. The zero-order valence-corrected chi connectivity index (χ0v) is 14.4. The van der Waals surface area contributed by atoms with Gasteiger partial charge in [0.25, 0.3) is 0 Å². The first-order valence-electron chi connectivity index (χ1n) is 8.03. The summed E-state index contributed by atoms with van der Waals surface area (Å²) >= 11 is 0. The Labute approximate surface area is 147 Å². The highest BCUT2D eigenvalue weighted by Crippen LogP contribution is 2.15. The Morgan fingerprint density at radius 1 is 1.28 bits per heavy atom. The number of benzene rings is 2. The van der Waals surface area contributed by atoms with Crippen molar-refractivity contribution < 1.29 is 19.0 Å². The van der Waals surface area contributed by atoms with Gasteiger partial charge in [0.05, 0.1) is 31.5 Å². The van der Waals surface area contributed by atoms with Crippen molar-refractivity contribution in [1.29, 1.82) is 0 Å². The van der Waals surface area contributed by atoms with E-state index in [9.17, 15) is 14.3 Å². The number of carbonyl (C=O) groups is 1. The van der Waals surface area contributed by atoms with Crippen LogP contribution < -0.4 is 5.32 Å². The van der Waals surface area contributed by atoms with Gasteiger partial charge < -0.3 is 20.1 Å². The molecule has 1 unspecified atom stereocenters. The second-order valence-corrected chi connectivity index (χ2v) is 5.95. The maximum atomic E-state index is 13.8. The number of aryl methyl sites for hydroxylation is 1. The third-order valence-electron chi connectivity index (χ3n) is 3.62. The first-order valence-corrected chi connectivity index (χ1v) is 8.03. The highest BCUT2D eigenvalue weighted by molar-refractivity contribution is 5.89. The van der Waals surface area contributed by atoms with Crippen molar-refractivity contribution >= 4 is 11.7 Å². The van der Waals surface area contributed by atoms with Gasteiger partial charge in [0.1, 0.15) is 5.82 Å². The maximum absolute atomic E-state index is 13.8. The van der Waals surface area contributed by atoms with Crippen LogP contribution in [0, 0.1) is 12.7 Å². The molecule has 0 saturated heterocycles. The van der Waals surface area contributed by atoms with Crippen LogP contribution in [-0.4, -0.2) is 42.3 Å². The number of urea groups is 1. The summed E-state index contributed by atoms with van der Waals surface area (Å²) in [6, 6.07) is 13.7. The van der Waals surface area contributed by atoms with Crippen LogP contribution in [-0.2, 0) is 11.3 Å². The van der Waals surface area contributed by atoms with Crippen LogP contribution in [0.25, 0.3) is 0 Å². The number of nitrogens with one attached hydrogen (secondary N) is 1. The molecule has 5 nitrogen and oxygen atoms in total. The lowest BCUT2D eigenvalue weighted by Gasteiger charge is -2.21. The molecule has 6 heteroatoms. The Morgan fingerprint density at radius 2 is 2.00 bits per heavy atom. The molecule has 25 heavy (non-hydrogen) atoms. The maximum Gasteiger partial charge on any atom is 0.321 e. The molecule has 2 aromatic rings. The molecule has 0 bridgehead atoms. The van der Waals surface area contributed by atoms with Crippen molar-refractivity contribution in [3.8, 4) is 0 Å². The first-order chi connectivity index (χ1) is 12.0. The number of aliphatic hydroxyl groups excluding tert-OH is 1. The van der Waals surface area contributed by atoms with Crippen molar-refractivity contribution in [3.63, 3.8) is 0 Å². The first kappa shape index (κ1) is 18.9. The van der Waals surface area contributed by atoms with Crippen LogP contribution in [0.4, 0.5) is 14.9 Å². The van der Waals surface area contributed by atoms with Crippen LogP contribution in [0.15, 0.2) is 48.5 Å². The Balaban J connectivity index is 1.75. The summed E-state index contributed by atoms with van der Waals surface area (Å²) in [5.74, 6) is -0.492. The fourth-order valence-corrected chi connectivity index (χ4v) is 2.27. The standard InChI is InChI=1S/C19H23FN2O3/c1-14-8-9-18(17(20)10-14)21-19(24)22(2)11-16(23)13-25-12-15-6-4-3-5-7-15/h3-10,16,23H,11-13H2,1-2H3,(H,21,24). The molecule has 2 aromatic carbocycles. The summed E-state index contributed by atoms with van der Waals surface area (Å²) in [6.45, 7) is 2.34. The molecule has 0 aliphatic rings. The number of rotatable bonds is 7. The zero-order valence-electron chi connectivity index (χ0n) is 14.4. The summed E-state index contributed by atoms with van der Waals surface area (Å²) in [7, 11) is 1.53. The lowest BCUT2D eigenvalue weighted by Crippen LogP contribution is -2.39. The molecule has 2 amide bonds. The average molecular weight is 346 g/mol. The number of hydrogen-bond acceptors (Lipinski definition) is 3. The molecule has 0 spiro atoms. The van der Waals surface area contributed by atoms with E-state index < -0.39 is 18.0 Å². The van der Waals surface area contributed by atoms with Gasteiger partial charge in [-0.3, -0.25) is 0 Å². The topological polar surface area (TPSA) is 61.8 Å². The molecule has 2 N–H and O–H groups in total. The molecule has 0 aromatic heterocycles. The van der Waals surface area contributed by atoms with E-state index in [0.717, 1.165) is 11.1 Å². The Kier molecular flexibility index (Phi) is 6.91. The molecule has 1 atom stereocenters. The van der Waals surface area contributed by atoms with E-state index in [2.05, 4.69) is 5.32 Å². The summed E-state index contributed by atoms with van der Waals surface area (Å²) in [5, 5.41) is 12.5. The van der Waals surface area contributed by atoms with E-state index in [4.69, 9.17) is 4.74 Å². The van der Waals surface area contributed by atoms with Crippen LogP contribution in [0.2, 0.25) is 0 Å². The molecule has 0 fully saturated rings. The smallest absolute Gasteiger partial charge is 0.321 e. The number of nitrogens with zero attached hydrogens (tertiary/aromatic N) is 1. The summed E-state index contributed by atoms with van der Waals surface area (Å²) in [6.07, 6.45) is -0.831. The second kappa shape index (κ2) is 9.15. The number of amides is 2. The third kappa shape index (κ3) is 6.17. The predicted octanol–water partition coefficient (Wildman–Crippen LogP) is 3.18. The van der Waals surface area contributed by atoms with Crippen molar-refractivity contribution in [2.24, 2.45) is 0 Å². The Morgan fingerprint density at radius 3 is 2.68 bits per heavy atom. The van der Waals surface area contributed by atoms with E-state index in [-0.39, 0.29) is 18.8 Å². The highest BCUT2D eigenvalue weighted by atomic mass is 19.1. The van der Waals surface area contributed by atoms with E-state index in [0.29, 0.717) is 6.61 Å². The van der Waals surface area contributed by atoms with E-state index >= 15 is 0 Å². The number of halogens is 1. The number of hydrogen-bond donors (Lipinski definition) is 2. The number of carbonyl (C=O) groups excluding carboxylic acids is 1. The molecule has 0 aliphatic heterocycles. The number of ether oxygens (including phenoxy) is 1. The van der Waals surface area contributed by atoms with Crippen molar-refractivity contribution in [3.05, 3.63) is 65.5 Å². The zero-order chi connectivity index (χ0) is 18.2. The fourth-order valence-electron chi connectivity index (χ4n) is 2.27. The van der Waals surface area contributed by atoms with Gasteiger partial charge in [0.15, 0.2) is 0 Å². The molecular weight excluding hydrogens is 323 g/mol. The Bertz CT molecular complexity index is 694. The van der Waals surface area contributed by atoms with E-state index in [1.807, 2.05) is 30.3 Å². The van der Waals surface area contributed by atoms with Gasteiger partial charge in [-0.25, -0.2) is 9.18 Å². The van der Waals surface area contributed by atoms with Gasteiger partial charge in [-0.15, -0.1) is 0 Å². The Hall–Kier alpha value is -2.44. The minimum Gasteiger partial charge on any atom is -0.389 e. The van der Waals surface area contributed by atoms with Crippen LogP contribution >= 0.6 is 0 Å². The minimum absolute atomic E-state index is 0.0775. The van der Waals surface area contributed by atoms with Gasteiger partial charge in [-0.05, 0) is 30.2 Å². The van der Waals surface area contributed by atoms with Gasteiger partial charge in [-0.1, -0.05) is 36.4 Å². The summed E-state index contributed by atoms with van der Waals surface area (Å²) in [5.41, 5.74) is 1.89. The second-order valence-electron chi connectivity index (χ2n) is 5.95. The molecular formula is C19H23FN2O3. The lowest BCUT2D eigenvalue weighted by atomic mass is 10.2. The van der Waals surface area contributed by atoms with Crippen LogP contribution in [0.3, 0.4) is 0 Å². The van der Waals surface area contributed by atoms with Crippen molar-refractivity contribution in [2.45, 2.75) is 19.6 Å². The third-order valence-corrected chi connectivity index (χ3v) is 3.62. The fraction of sp³-hybridized carbons (Fsp3) is 0.316. The van der Waals surface area contributed by atoms with Crippen LogP contribution in [0.5, 0.6) is 0 Å². The summed E-state index contributed by atoms with van der Waals surface area (Å²) < 4.78 is 19.2. The molecule has 0 saturated carbocycles. The number of aliphatic hydroxyl groups is 1. The predicted molar refractivity (Wildman–Crippen MR) is 94.9 cm³/mol. The van der Waals surface area contributed by atoms with E-state index in [1.54, 1.807) is 13.0 Å². The van der Waals surface area contributed by atoms with Gasteiger partial charge >= 0.3 is 6.03 Å². The summed E-state index contributed by atoms with van der Waals surface area (Å²) in [4.78, 5) is 13.4. The quantitative estimate of drug-likeness (QED) is 0.809. The molecule has 134 valence electrons. The van der Waals surface area contributed by atoms with Gasteiger partial charge in [0, 0.05) is 7.05 Å². The van der Waals surface area contributed by atoms with Crippen molar-refractivity contribution in [2.75, 3.05) is 25.5 Å². The van der Waals surface area contributed by atoms with Gasteiger partial charge in [-0.2, -0.15) is 0 Å². The average Bonchev–Trinajstić information content (AvgIpc) is 2.58. The molecule has 0 heterocycles. The van der Waals surface area contributed by atoms with Crippen LogP contribution in [0.1, 0.15) is 11.1 Å². The van der Waals surface area contributed by atoms with E-state index in [1.165, 1.54) is 24.1 Å².